The van der Waals surface area contributed by atoms with Crippen molar-refractivity contribution in [3.63, 3.8) is 0 Å². The highest BCUT2D eigenvalue weighted by Gasteiger charge is 2.20. The van der Waals surface area contributed by atoms with Crippen molar-refractivity contribution in [1.29, 1.82) is 5.26 Å². The van der Waals surface area contributed by atoms with Crippen LogP contribution in [0.25, 0.3) is 0 Å². The number of sulfonamides is 1. The summed E-state index contributed by atoms with van der Waals surface area (Å²) in [5, 5.41) is 11.9. The molecule has 0 aromatic heterocycles. The van der Waals surface area contributed by atoms with Gasteiger partial charge >= 0.3 is 0 Å². The van der Waals surface area contributed by atoms with E-state index in [1.165, 1.54) is 0 Å². The zero-order chi connectivity index (χ0) is 18.4. The second-order valence-corrected chi connectivity index (χ2v) is 7.81. The molecule has 25 heavy (non-hydrogen) atoms. The molecule has 1 N–H and O–H groups in total. The Morgan fingerprint density at radius 3 is 2.28 bits per heavy atom. The summed E-state index contributed by atoms with van der Waals surface area (Å²) in [6.45, 7) is -0.252. The Morgan fingerprint density at radius 1 is 1.16 bits per heavy atom. The van der Waals surface area contributed by atoms with Crippen LogP contribution in [0.2, 0.25) is 5.02 Å². The van der Waals surface area contributed by atoms with Crippen molar-refractivity contribution in [2.75, 3.05) is 18.1 Å². The second kappa shape index (κ2) is 8.12. The van der Waals surface area contributed by atoms with Crippen molar-refractivity contribution in [2.24, 2.45) is 0 Å². The van der Waals surface area contributed by atoms with E-state index in [9.17, 15) is 13.2 Å². The van der Waals surface area contributed by atoms with Crippen molar-refractivity contribution in [3.05, 3.63) is 64.7 Å². The minimum absolute atomic E-state index is 0.0663. The van der Waals surface area contributed by atoms with Gasteiger partial charge in [0.15, 0.2) is 0 Å². The number of rotatable bonds is 6. The fourth-order valence-electron chi connectivity index (χ4n) is 2.07. The summed E-state index contributed by atoms with van der Waals surface area (Å²) in [5.74, 6) is -0.468. The molecule has 0 aliphatic heterocycles. The van der Waals surface area contributed by atoms with E-state index in [0.717, 1.165) is 16.1 Å². The van der Waals surface area contributed by atoms with Crippen molar-refractivity contribution in [3.8, 4) is 6.07 Å². The summed E-state index contributed by atoms with van der Waals surface area (Å²) in [6.07, 6.45) is 1.05. The molecule has 2 aromatic carbocycles. The second-order valence-electron chi connectivity index (χ2n) is 5.39. The van der Waals surface area contributed by atoms with Gasteiger partial charge in [0, 0.05) is 17.3 Å². The van der Waals surface area contributed by atoms with Crippen molar-refractivity contribution in [2.45, 2.75) is 6.54 Å². The summed E-state index contributed by atoms with van der Waals surface area (Å²) in [4.78, 5) is 12.2. The van der Waals surface area contributed by atoms with Crippen LogP contribution < -0.4 is 5.32 Å². The zero-order valence-electron chi connectivity index (χ0n) is 13.4. The minimum atomic E-state index is -3.57. The summed E-state index contributed by atoms with van der Waals surface area (Å²) >= 11 is 5.82. The number of benzene rings is 2. The van der Waals surface area contributed by atoms with E-state index in [1.807, 2.05) is 6.07 Å². The van der Waals surface area contributed by atoms with Crippen molar-refractivity contribution < 1.29 is 13.2 Å². The number of nitrogens with one attached hydrogen (secondary N) is 1. The number of carbonyl (C=O) groups excluding carboxylic acids is 1. The van der Waals surface area contributed by atoms with Gasteiger partial charge in [-0.05, 0) is 42.0 Å². The Kier molecular flexibility index (Phi) is 6.15. The molecule has 0 heterocycles. The lowest BCUT2D eigenvalue weighted by molar-refractivity contribution is -0.116. The summed E-state index contributed by atoms with van der Waals surface area (Å²) < 4.78 is 25.0. The Balaban J connectivity index is 2.07. The molecule has 0 atom stereocenters. The van der Waals surface area contributed by atoms with Crippen LogP contribution in [0.4, 0.5) is 5.69 Å². The van der Waals surface area contributed by atoms with Gasteiger partial charge in [-0.25, -0.2) is 8.42 Å². The zero-order valence-corrected chi connectivity index (χ0v) is 15.0. The molecule has 6 nitrogen and oxygen atoms in total. The Bertz CT molecular complexity index is 888. The van der Waals surface area contributed by atoms with Crippen molar-refractivity contribution >= 4 is 33.2 Å². The van der Waals surface area contributed by atoms with E-state index in [4.69, 9.17) is 16.9 Å². The number of hydrogen-bond donors (Lipinski definition) is 1. The Hall–Kier alpha value is -2.40. The third-order valence-electron chi connectivity index (χ3n) is 3.36. The molecule has 0 saturated carbocycles. The normalized spacial score (nSPS) is 11.1. The molecule has 0 unspecified atom stereocenters. The maximum Gasteiger partial charge on any atom is 0.239 e. The lowest BCUT2D eigenvalue weighted by Gasteiger charge is -2.19. The third-order valence-corrected chi connectivity index (χ3v) is 4.81. The van der Waals surface area contributed by atoms with Gasteiger partial charge in [-0.15, -0.1) is 0 Å². The molecule has 2 rings (SSSR count). The van der Waals surface area contributed by atoms with Crippen LogP contribution in [-0.4, -0.2) is 31.4 Å². The molecular formula is C17H16ClN3O3S. The lowest BCUT2D eigenvalue weighted by Crippen LogP contribution is -2.36. The highest BCUT2D eigenvalue weighted by molar-refractivity contribution is 7.88. The van der Waals surface area contributed by atoms with Gasteiger partial charge in [0.05, 0.1) is 24.4 Å². The van der Waals surface area contributed by atoms with Crippen LogP contribution in [0, 0.1) is 11.3 Å². The summed E-state index contributed by atoms with van der Waals surface area (Å²) in [7, 11) is -3.57. The Labute approximate surface area is 151 Å². The number of anilines is 1. The van der Waals surface area contributed by atoms with Gasteiger partial charge in [0.1, 0.15) is 0 Å². The van der Waals surface area contributed by atoms with Gasteiger partial charge in [-0.1, -0.05) is 23.7 Å². The molecule has 0 fully saturated rings. The fourth-order valence-corrected chi connectivity index (χ4v) is 2.93. The highest BCUT2D eigenvalue weighted by Crippen LogP contribution is 2.14. The first-order valence-corrected chi connectivity index (χ1v) is 9.50. The number of nitriles is 1. The largest absolute Gasteiger partial charge is 0.325 e. The highest BCUT2D eigenvalue weighted by atomic mass is 35.5. The van der Waals surface area contributed by atoms with E-state index in [-0.39, 0.29) is 13.1 Å². The van der Waals surface area contributed by atoms with Crippen LogP contribution in [-0.2, 0) is 21.4 Å². The van der Waals surface area contributed by atoms with Gasteiger partial charge in [0.2, 0.25) is 15.9 Å². The number of hydrogen-bond acceptors (Lipinski definition) is 4. The van der Waals surface area contributed by atoms with Crippen molar-refractivity contribution in [1.82, 2.24) is 4.31 Å². The maximum absolute atomic E-state index is 12.2. The molecule has 0 bridgehead atoms. The van der Waals surface area contributed by atoms with Crippen LogP contribution in [0.5, 0.6) is 0 Å². The van der Waals surface area contributed by atoms with Gasteiger partial charge in [-0.2, -0.15) is 9.57 Å². The molecule has 1 amide bonds. The van der Waals surface area contributed by atoms with Gasteiger partial charge in [-0.3, -0.25) is 4.79 Å². The SMILES string of the molecule is CS(=O)(=O)N(CC(=O)Nc1ccc(C#N)cc1)Cc1ccc(Cl)cc1. The van der Waals surface area contributed by atoms with Gasteiger partial charge < -0.3 is 5.32 Å². The number of amides is 1. The minimum Gasteiger partial charge on any atom is -0.325 e. The topological polar surface area (TPSA) is 90.3 Å². The van der Waals surface area contributed by atoms with E-state index in [2.05, 4.69) is 5.32 Å². The van der Waals surface area contributed by atoms with Gasteiger partial charge in [0.25, 0.3) is 0 Å². The smallest absolute Gasteiger partial charge is 0.239 e. The third kappa shape index (κ3) is 5.87. The molecular weight excluding hydrogens is 362 g/mol. The Morgan fingerprint density at radius 2 is 1.76 bits per heavy atom. The van der Waals surface area contributed by atoms with Crippen LogP contribution in [0.15, 0.2) is 48.5 Å². The average Bonchev–Trinajstić information content (AvgIpc) is 2.56. The molecule has 2 aromatic rings. The molecule has 0 spiro atoms. The summed E-state index contributed by atoms with van der Waals surface area (Å²) in [5.41, 5.74) is 1.68. The van der Waals surface area contributed by atoms with E-state index < -0.39 is 15.9 Å². The first-order valence-electron chi connectivity index (χ1n) is 7.27. The monoisotopic (exact) mass is 377 g/mol. The standard InChI is InChI=1S/C17H16ClN3O3S/c1-25(23,24)21(11-14-2-6-15(18)7-3-14)12-17(22)20-16-8-4-13(10-19)5-9-16/h2-9H,11-12H2,1H3,(H,20,22). The lowest BCUT2D eigenvalue weighted by atomic mass is 10.2. The molecule has 0 aliphatic rings. The molecule has 130 valence electrons. The maximum atomic E-state index is 12.2. The quantitative estimate of drug-likeness (QED) is 0.837. The fraction of sp³-hybridized carbons (Fsp3) is 0.176. The van der Waals surface area contributed by atoms with E-state index >= 15 is 0 Å². The predicted octanol–water partition coefficient (Wildman–Crippen LogP) is 2.61. The average molecular weight is 378 g/mol. The molecule has 0 aliphatic carbocycles. The first kappa shape index (κ1) is 18.9. The molecule has 8 heteroatoms. The first-order chi connectivity index (χ1) is 11.8. The molecule has 0 radical (unpaired) electrons. The van der Waals surface area contributed by atoms with E-state index in [0.29, 0.717) is 16.3 Å². The predicted molar refractivity (Wildman–Crippen MR) is 96.5 cm³/mol. The number of carbonyl (C=O) groups is 1. The summed E-state index contributed by atoms with van der Waals surface area (Å²) in [6, 6.07) is 15.0. The van der Waals surface area contributed by atoms with Crippen LogP contribution >= 0.6 is 11.6 Å². The van der Waals surface area contributed by atoms with Crippen LogP contribution in [0.3, 0.4) is 0 Å². The van der Waals surface area contributed by atoms with E-state index in [1.54, 1.807) is 48.5 Å². The van der Waals surface area contributed by atoms with Crippen LogP contribution in [0.1, 0.15) is 11.1 Å². The number of halogens is 1. The number of nitrogens with zero attached hydrogens (tertiary/aromatic N) is 2. The molecule has 0 saturated heterocycles.